The number of nitrogens with zero attached hydrogens (tertiary/aromatic N) is 2. The smallest absolute Gasteiger partial charge is 0.174 e. The second-order valence-electron chi connectivity index (χ2n) is 4.43. The SMILES string of the molecule is C=C1N=C(N)C=CN1[C@@H]1O[C@@](CO)(CCl)[C@@H](O)[C@@H]1F. The zero-order valence-corrected chi connectivity index (χ0v) is 10.8. The molecule has 0 spiro atoms. The molecule has 0 saturated carbocycles. The van der Waals surface area contributed by atoms with Gasteiger partial charge in [-0.25, -0.2) is 9.38 Å². The third kappa shape index (κ3) is 2.23. The summed E-state index contributed by atoms with van der Waals surface area (Å²) < 4.78 is 19.6. The second kappa shape index (κ2) is 5.09. The van der Waals surface area contributed by atoms with Crippen LogP contribution in [-0.4, -0.2) is 57.5 Å². The van der Waals surface area contributed by atoms with Crippen molar-refractivity contribution in [2.24, 2.45) is 10.7 Å². The van der Waals surface area contributed by atoms with Crippen LogP contribution < -0.4 is 5.73 Å². The van der Waals surface area contributed by atoms with E-state index in [0.29, 0.717) is 0 Å². The average molecular weight is 292 g/mol. The van der Waals surface area contributed by atoms with E-state index in [0.717, 1.165) is 0 Å². The van der Waals surface area contributed by atoms with Gasteiger partial charge in [-0.15, -0.1) is 11.6 Å². The van der Waals surface area contributed by atoms with Crippen LogP contribution in [0.2, 0.25) is 0 Å². The zero-order valence-electron chi connectivity index (χ0n) is 10.0. The summed E-state index contributed by atoms with van der Waals surface area (Å²) >= 11 is 5.67. The largest absolute Gasteiger partial charge is 0.393 e. The molecule has 0 aliphatic carbocycles. The van der Waals surface area contributed by atoms with Crippen LogP contribution in [0.1, 0.15) is 0 Å². The summed E-state index contributed by atoms with van der Waals surface area (Å²) in [5.41, 5.74) is 3.95. The molecule has 106 valence electrons. The molecule has 1 fully saturated rings. The van der Waals surface area contributed by atoms with Crippen LogP contribution in [0.3, 0.4) is 0 Å². The number of aliphatic hydroxyl groups excluding tert-OH is 2. The zero-order chi connectivity index (χ0) is 14.2. The van der Waals surface area contributed by atoms with Gasteiger partial charge in [-0.1, -0.05) is 6.58 Å². The third-order valence-electron chi connectivity index (χ3n) is 3.20. The highest BCUT2D eigenvalue weighted by Gasteiger charge is 2.56. The molecule has 0 aromatic heterocycles. The number of aliphatic imine (C=N–C) groups is 1. The van der Waals surface area contributed by atoms with E-state index >= 15 is 0 Å². The quantitative estimate of drug-likeness (QED) is 0.619. The molecule has 2 aliphatic heterocycles. The number of rotatable bonds is 3. The molecule has 0 amide bonds. The fraction of sp³-hybridized carbons (Fsp3) is 0.545. The van der Waals surface area contributed by atoms with Crippen LogP contribution in [0.15, 0.2) is 29.7 Å². The van der Waals surface area contributed by atoms with Crippen LogP contribution >= 0.6 is 11.6 Å². The predicted molar refractivity (Wildman–Crippen MR) is 68.1 cm³/mol. The maximum absolute atomic E-state index is 14.2. The van der Waals surface area contributed by atoms with Gasteiger partial charge >= 0.3 is 0 Å². The van der Waals surface area contributed by atoms with Gasteiger partial charge in [0.2, 0.25) is 0 Å². The first kappa shape index (κ1) is 14.3. The average Bonchev–Trinajstić information content (AvgIpc) is 2.64. The van der Waals surface area contributed by atoms with Gasteiger partial charge in [-0.2, -0.15) is 0 Å². The Hall–Kier alpha value is -1.15. The molecule has 2 aliphatic rings. The number of halogens is 2. The Balaban J connectivity index is 2.24. The van der Waals surface area contributed by atoms with Gasteiger partial charge in [-0.3, -0.25) is 0 Å². The molecule has 1 saturated heterocycles. The fourth-order valence-corrected chi connectivity index (χ4v) is 2.34. The number of hydrogen-bond acceptors (Lipinski definition) is 6. The number of hydrogen-bond donors (Lipinski definition) is 3. The van der Waals surface area contributed by atoms with E-state index in [2.05, 4.69) is 11.6 Å². The van der Waals surface area contributed by atoms with Crippen molar-refractivity contribution in [2.45, 2.75) is 24.1 Å². The Morgan fingerprint density at radius 3 is 2.84 bits per heavy atom. The highest BCUT2D eigenvalue weighted by molar-refractivity contribution is 6.18. The Bertz CT molecular complexity index is 439. The Morgan fingerprint density at radius 1 is 1.68 bits per heavy atom. The molecule has 0 bridgehead atoms. The monoisotopic (exact) mass is 291 g/mol. The van der Waals surface area contributed by atoms with Gasteiger partial charge in [-0.05, 0) is 6.08 Å². The van der Waals surface area contributed by atoms with Crippen molar-refractivity contribution < 1.29 is 19.3 Å². The topological polar surface area (TPSA) is 91.3 Å². The molecule has 4 atom stereocenters. The molecular weight excluding hydrogens is 277 g/mol. The first-order valence-corrected chi connectivity index (χ1v) is 6.15. The maximum atomic E-state index is 14.2. The molecule has 4 N–H and O–H groups in total. The number of alkyl halides is 2. The van der Waals surface area contributed by atoms with Gasteiger partial charge in [0.05, 0.1) is 12.5 Å². The number of ether oxygens (including phenoxy) is 1. The molecule has 19 heavy (non-hydrogen) atoms. The van der Waals surface area contributed by atoms with Crippen molar-refractivity contribution in [2.75, 3.05) is 12.5 Å². The minimum Gasteiger partial charge on any atom is -0.393 e. The van der Waals surface area contributed by atoms with E-state index in [-0.39, 0.29) is 17.5 Å². The van der Waals surface area contributed by atoms with Crippen LogP contribution in [-0.2, 0) is 4.74 Å². The van der Waals surface area contributed by atoms with E-state index in [1.807, 2.05) is 0 Å². The molecule has 6 nitrogen and oxygen atoms in total. The Kier molecular flexibility index (Phi) is 3.82. The van der Waals surface area contributed by atoms with Gasteiger partial charge in [0.1, 0.15) is 23.4 Å². The van der Waals surface area contributed by atoms with Crippen LogP contribution in [0, 0.1) is 0 Å². The summed E-state index contributed by atoms with van der Waals surface area (Å²) in [6.07, 6.45) is -1.56. The second-order valence-corrected chi connectivity index (χ2v) is 4.70. The summed E-state index contributed by atoms with van der Waals surface area (Å²) in [6, 6.07) is 0. The molecule has 2 heterocycles. The normalized spacial score (nSPS) is 38.7. The summed E-state index contributed by atoms with van der Waals surface area (Å²) in [5, 5.41) is 19.1. The van der Waals surface area contributed by atoms with Crippen LogP contribution in [0.4, 0.5) is 4.39 Å². The van der Waals surface area contributed by atoms with Gasteiger partial charge in [0, 0.05) is 6.20 Å². The first-order chi connectivity index (χ1) is 8.95. The first-order valence-electron chi connectivity index (χ1n) is 5.61. The van der Waals surface area contributed by atoms with Crippen LogP contribution in [0.5, 0.6) is 0 Å². The van der Waals surface area contributed by atoms with E-state index in [1.54, 1.807) is 0 Å². The minimum absolute atomic E-state index is 0.183. The Labute approximate surface area is 114 Å². The van der Waals surface area contributed by atoms with Crippen molar-refractivity contribution >= 4 is 17.4 Å². The van der Waals surface area contributed by atoms with Crippen LogP contribution in [0.25, 0.3) is 0 Å². The molecule has 0 radical (unpaired) electrons. The lowest BCUT2D eigenvalue weighted by Crippen LogP contribution is -2.47. The lowest BCUT2D eigenvalue weighted by Gasteiger charge is -2.31. The summed E-state index contributed by atoms with van der Waals surface area (Å²) in [6.45, 7) is 3.04. The number of aliphatic hydroxyl groups is 2. The summed E-state index contributed by atoms with van der Waals surface area (Å²) in [4.78, 5) is 5.18. The van der Waals surface area contributed by atoms with E-state index in [1.165, 1.54) is 17.2 Å². The standard InChI is InChI=1S/C11H15ClFN3O3/c1-6-15-7(14)2-3-16(6)10-8(13)9(18)11(4-12,5-17)19-10/h2-3,8-10,17-18H,1,4-5H2,(H2,14,15)/t8-,9-,10+,11+/m0/s1. The Morgan fingerprint density at radius 2 is 2.37 bits per heavy atom. The summed E-state index contributed by atoms with van der Waals surface area (Å²) in [7, 11) is 0. The maximum Gasteiger partial charge on any atom is 0.174 e. The van der Waals surface area contributed by atoms with Crippen molar-refractivity contribution in [3.8, 4) is 0 Å². The van der Waals surface area contributed by atoms with Crippen molar-refractivity contribution in [1.82, 2.24) is 4.90 Å². The minimum atomic E-state index is -1.76. The fourth-order valence-electron chi connectivity index (χ4n) is 2.03. The lowest BCUT2D eigenvalue weighted by molar-refractivity contribution is -0.121. The van der Waals surface area contributed by atoms with Gasteiger partial charge in [0.25, 0.3) is 0 Å². The lowest BCUT2D eigenvalue weighted by atomic mass is 9.99. The molecule has 2 rings (SSSR count). The highest BCUT2D eigenvalue weighted by Crippen LogP contribution is 2.37. The van der Waals surface area contributed by atoms with Gasteiger partial charge < -0.3 is 25.6 Å². The van der Waals surface area contributed by atoms with E-state index < -0.39 is 30.7 Å². The van der Waals surface area contributed by atoms with Crippen molar-refractivity contribution in [3.63, 3.8) is 0 Å². The summed E-state index contributed by atoms with van der Waals surface area (Å²) in [5.74, 6) is 0.181. The molecule has 0 aromatic rings. The van der Waals surface area contributed by atoms with Gasteiger partial charge in [0.15, 0.2) is 12.4 Å². The molecule has 8 heteroatoms. The third-order valence-corrected chi connectivity index (χ3v) is 3.65. The van der Waals surface area contributed by atoms with E-state index in [4.69, 9.17) is 22.1 Å². The highest BCUT2D eigenvalue weighted by atomic mass is 35.5. The number of nitrogens with two attached hydrogens (primary N) is 1. The number of amidine groups is 1. The molecule has 0 aromatic carbocycles. The van der Waals surface area contributed by atoms with Crippen molar-refractivity contribution in [3.05, 3.63) is 24.7 Å². The predicted octanol–water partition coefficient (Wildman–Crippen LogP) is -0.331. The molecular formula is C11H15ClFN3O3. The molecule has 0 unspecified atom stereocenters. The van der Waals surface area contributed by atoms with E-state index in [9.17, 15) is 14.6 Å². The van der Waals surface area contributed by atoms with Crippen molar-refractivity contribution in [1.29, 1.82) is 0 Å².